The second-order valence-corrected chi connectivity index (χ2v) is 15.1. The number of nitrogens with one attached hydrogen (secondary N) is 4. The minimum Gasteiger partial charge on any atom is -0.450 e. The normalized spacial score (nSPS) is 17.9. The van der Waals surface area contributed by atoms with Gasteiger partial charge < -0.3 is 39.9 Å². The third kappa shape index (κ3) is 8.90. The molecule has 4 N–H and O–H groups in total. The summed E-state index contributed by atoms with van der Waals surface area (Å²) in [6.45, 7) is 12.8. The van der Waals surface area contributed by atoms with E-state index < -0.39 is 24.3 Å². The molecule has 2 aliphatic heterocycles. The molecule has 0 radical (unpaired) electrons. The first-order valence-electron chi connectivity index (χ1n) is 19.8. The van der Waals surface area contributed by atoms with E-state index in [-0.39, 0.29) is 48.9 Å². The number of carbonyl (C=O) groups excluding carboxylic acids is 4. The molecule has 4 atom stereocenters. The smallest absolute Gasteiger partial charge is 0.407 e. The number of imidazole rings is 2. The number of alkyl carbamates (subject to hydrolysis) is 2. The van der Waals surface area contributed by atoms with E-state index in [1.165, 1.54) is 0 Å². The van der Waals surface area contributed by atoms with Crippen LogP contribution in [0.15, 0.2) is 60.9 Å². The Bertz CT molecular complexity index is 1830. The fraction of sp³-hybridized carbons (Fsp3) is 0.476. The van der Waals surface area contributed by atoms with E-state index in [4.69, 9.17) is 9.47 Å². The first-order chi connectivity index (χ1) is 27.0. The first-order valence-corrected chi connectivity index (χ1v) is 19.8. The Kier molecular flexibility index (Phi) is 12.8. The Labute approximate surface area is 328 Å². The van der Waals surface area contributed by atoms with Crippen molar-refractivity contribution in [2.75, 3.05) is 26.3 Å². The van der Waals surface area contributed by atoms with Crippen LogP contribution in [0, 0.1) is 11.8 Å². The molecule has 56 heavy (non-hydrogen) atoms. The molecule has 0 spiro atoms. The molecule has 0 bridgehead atoms. The van der Waals surface area contributed by atoms with Gasteiger partial charge in [-0.1, -0.05) is 76.2 Å². The highest BCUT2D eigenvalue weighted by atomic mass is 16.6. The standard InChI is InChI=1S/C42H54N8O6/c1-7-55-41(53)47-35(25(3)4)39(51)49-21-9-11-33(49)37-43-23-31(45-37)29-17-13-27(14-18-29)28-15-19-30(20-16-28)32-24-44-38(46-32)34-12-10-22-50(34)40(52)36(26(5)6)48-42(54)56-8-2/h13-20,23-26,33-36H,7-12,21-22H2,1-6H3,(H,43,45)(H,44,46)(H,47,53)(H,48,54)/t33-,34-,35-,36-/m0/s1. The minimum atomic E-state index is -0.686. The zero-order valence-electron chi connectivity index (χ0n) is 33.1. The summed E-state index contributed by atoms with van der Waals surface area (Å²) in [5.74, 6) is 0.977. The largest absolute Gasteiger partial charge is 0.450 e. The maximum Gasteiger partial charge on any atom is 0.407 e. The number of benzene rings is 2. The van der Waals surface area contributed by atoms with Crippen molar-refractivity contribution in [2.45, 2.75) is 91.4 Å². The fourth-order valence-corrected chi connectivity index (χ4v) is 7.60. The van der Waals surface area contributed by atoms with Crippen molar-refractivity contribution in [2.24, 2.45) is 11.8 Å². The van der Waals surface area contributed by atoms with Crippen LogP contribution in [0.1, 0.15) is 91.0 Å². The van der Waals surface area contributed by atoms with Crippen molar-refractivity contribution in [1.29, 1.82) is 0 Å². The number of hydrogen-bond acceptors (Lipinski definition) is 8. The molecule has 2 aromatic carbocycles. The number of aromatic amines is 2. The molecule has 2 aliphatic rings. The van der Waals surface area contributed by atoms with E-state index in [0.717, 1.165) is 71.0 Å². The quantitative estimate of drug-likeness (QED) is 0.113. The molecule has 298 valence electrons. The lowest BCUT2D eigenvalue weighted by Gasteiger charge is -2.30. The fourth-order valence-electron chi connectivity index (χ4n) is 7.60. The van der Waals surface area contributed by atoms with Crippen LogP contribution in [0.25, 0.3) is 33.6 Å². The predicted octanol–water partition coefficient (Wildman–Crippen LogP) is 7.00. The van der Waals surface area contributed by atoms with Gasteiger partial charge in [0.05, 0.1) is 49.1 Å². The van der Waals surface area contributed by atoms with Crippen LogP contribution in [0.4, 0.5) is 9.59 Å². The van der Waals surface area contributed by atoms with E-state index in [1.54, 1.807) is 26.2 Å². The molecule has 2 aromatic heterocycles. The van der Waals surface area contributed by atoms with E-state index in [9.17, 15) is 19.2 Å². The van der Waals surface area contributed by atoms with Crippen molar-refractivity contribution < 1.29 is 28.7 Å². The van der Waals surface area contributed by atoms with Crippen LogP contribution < -0.4 is 10.6 Å². The summed E-state index contributed by atoms with van der Waals surface area (Å²) < 4.78 is 10.1. The van der Waals surface area contributed by atoms with Crippen molar-refractivity contribution >= 4 is 24.0 Å². The van der Waals surface area contributed by atoms with Gasteiger partial charge in [-0.15, -0.1) is 0 Å². The van der Waals surface area contributed by atoms with Gasteiger partial charge in [0, 0.05) is 13.1 Å². The number of nitrogens with zero attached hydrogens (tertiary/aromatic N) is 4. The van der Waals surface area contributed by atoms with Crippen molar-refractivity contribution in [3.05, 3.63) is 72.6 Å². The summed E-state index contributed by atoms with van der Waals surface area (Å²) >= 11 is 0. The van der Waals surface area contributed by atoms with Crippen molar-refractivity contribution in [3.63, 3.8) is 0 Å². The molecular weight excluding hydrogens is 713 g/mol. The van der Waals surface area contributed by atoms with Crippen LogP contribution in [-0.2, 0) is 19.1 Å². The lowest BCUT2D eigenvalue weighted by molar-refractivity contribution is -0.136. The second-order valence-electron chi connectivity index (χ2n) is 15.1. The maximum absolute atomic E-state index is 13.6. The average molecular weight is 767 g/mol. The molecule has 6 rings (SSSR count). The van der Waals surface area contributed by atoms with Crippen molar-refractivity contribution in [3.8, 4) is 33.6 Å². The monoisotopic (exact) mass is 766 g/mol. The second kappa shape index (κ2) is 17.9. The average Bonchev–Trinajstić information content (AvgIpc) is 4.02. The molecule has 14 nitrogen and oxygen atoms in total. The number of H-pyrrole nitrogens is 2. The van der Waals surface area contributed by atoms with Gasteiger partial charge in [-0.05, 0) is 73.6 Å². The Morgan fingerprint density at radius 3 is 1.34 bits per heavy atom. The number of ether oxygens (including phenoxy) is 2. The van der Waals surface area contributed by atoms with Gasteiger partial charge in [0.1, 0.15) is 23.7 Å². The molecule has 4 aromatic rings. The highest BCUT2D eigenvalue weighted by Gasteiger charge is 2.39. The topological polar surface area (TPSA) is 175 Å². The van der Waals surface area contributed by atoms with Crippen LogP contribution in [0.2, 0.25) is 0 Å². The third-order valence-corrected chi connectivity index (χ3v) is 10.6. The summed E-state index contributed by atoms with van der Waals surface area (Å²) in [6.07, 6.45) is 5.69. The van der Waals surface area contributed by atoms with Gasteiger partial charge in [0.25, 0.3) is 0 Å². The van der Waals surface area contributed by atoms with Gasteiger partial charge in [0.15, 0.2) is 0 Å². The van der Waals surface area contributed by atoms with Crippen LogP contribution >= 0.6 is 0 Å². The summed E-state index contributed by atoms with van der Waals surface area (Å²) in [7, 11) is 0. The van der Waals surface area contributed by atoms with E-state index >= 15 is 0 Å². The van der Waals surface area contributed by atoms with Crippen molar-refractivity contribution in [1.82, 2.24) is 40.4 Å². The van der Waals surface area contributed by atoms with E-state index in [0.29, 0.717) is 13.1 Å². The van der Waals surface area contributed by atoms with E-state index in [1.807, 2.05) is 37.5 Å². The SMILES string of the molecule is CCOC(=O)N[C@H](C(=O)N1CCC[C@H]1c1ncc(-c2ccc(-c3ccc(-c4cnc([C@@H]5CCCN5C(=O)[C@@H](NC(=O)OCC)C(C)C)[nH]4)cc3)cc2)[nH]1)C(C)C. The molecule has 0 saturated carbocycles. The lowest BCUT2D eigenvalue weighted by Crippen LogP contribution is -2.51. The molecule has 4 heterocycles. The number of aromatic nitrogens is 4. The summed E-state index contributed by atoms with van der Waals surface area (Å²) in [5, 5.41) is 5.49. The van der Waals surface area contributed by atoms with Crippen LogP contribution in [-0.4, -0.2) is 92.1 Å². The highest BCUT2D eigenvalue weighted by Crippen LogP contribution is 2.35. The van der Waals surface area contributed by atoms with E-state index in [2.05, 4.69) is 79.1 Å². The Morgan fingerprint density at radius 2 is 1.00 bits per heavy atom. The number of rotatable bonds is 13. The Balaban J connectivity index is 1.10. The number of carbonyl (C=O) groups is 4. The number of hydrogen-bond donors (Lipinski definition) is 4. The third-order valence-electron chi connectivity index (χ3n) is 10.6. The van der Waals surface area contributed by atoms with Gasteiger partial charge in [-0.25, -0.2) is 19.6 Å². The number of amides is 4. The zero-order chi connectivity index (χ0) is 39.9. The predicted molar refractivity (Wildman–Crippen MR) is 212 cm³/mol. The van der Waals surface area contributed by atoms with Crippen LogP contribution in [0.5, 0.6) is 0 Å². The highest BCUT2D eigenvalue weighted by molar-refractivity contribution is 5.87. The van der Waals surface area contributed by atoms with Gasteiger partial charge in [-0.3, -0.25) is 9.59 Å². The number of likely N-dealkylation sites (tertiary alicyclic amines) is 2. The molecule has 4 amide bonds. The zero-order valence-corrected chi connectivity index (χ0v) is 33.1. The molecule has 2 fully saturated rings. The minimum absolute atomic E-state index is 0.104. The first kappa shape index (κ1) is 40.0. The van der Waals surface area contributed by atoms with Crippen LogP contribution in [0.3, 0.4) is 0 Å². The van der Waals surface area contributed by atoms with Gasteiger partial charge >= 0.3 is 12.2 Å². The maximum atomic E-state index is 13.6. The van der Waals surface area contributed by atoms with Gasteiger partial charge in [-0.2, -0.15) is 0 Å². The Hall–Kier alpha value is -5.66. The summed E-state index contributed by atoms with van der Waals surface area (Å²) in [4.78, 5) is 71.5. The molecular formula is C42H54N8O6. The summed E-state index contributed by atoms with van der Waals surface area (Å²) in [5.41, 5.74) is 5.79. The lowest BCUT2D eigenvalue weighted by atomic mass is 10.0. The Morgan fingerprint density at radius 1 is 0.643 bits per heavy atom. The van der Waals surface area contributed by atoms with Gasteiger partial charge in [0.2, 0.25) is 11.8 Å². The molecule has 14 heteroatoms. The molecule has 2 saturated heterocycles. The summed E-state index contributed by atoms with van der Waals surface area (Å²) in [6, 6.07) is 14.7. The molecule has 0 unspecified atom stereocenters. The molecule has 0 aliphatic carbocycles.